The van der Waals surface area contributed by atoms with Crippen molar-refractivity contribution in [2.24, 2.45) is 5.92 Å². The number of aromatic nitrogens is 6. The van der Waals surface area contributed by atoms with Gasteiger partial charge in [0.25, 0.3) is 0 Å². The van der Waals surface area contributed by atoms with Crippen LogP contribution in [0.3, 0.4) is 0 Å². The van der Waals surface area contributed by atoms with E-state index in [1.165, 1.54) is 0 Å². The summed E-state index contributed by atoms with van der Waals surface area (Å²) >= 11 is 1.61. The largest absolute Gasteiger partial charge is 0.381 e. The predicted octanol–water partition coefficient (Wildman–Crippen LogP) is 4.33. The van der Waals surface area contributed by atoms with Crippen LogP contribution >= 0.6 is 11.3 Å². The van der Waals surface area contributed by atoms with Crippen molar-refractivity contribution in [2.75, 3.05) is 74.1 Å². The number of nitrogens with zero attached hydrogens (tertiary/aromatic N) is 10. The number of carbonyl (C=O) groups is 2. The maximum absolute atomic E-state index is 12.3. The highest BCUT2D eigenvalue weighted by atomic mass is 32.1. The maximum atomic E-state index is 12.3. The second kappa shape index (κ2) is 15.9. The summed E-state index contributed by atoms with van der Waals surface area (Å²) in [6.07, 6.45) is 10.3. The van der Waals surface area contributed by atoms with Gasteiger partial charge >= 0.3 is 0 Å². The highest BCUT2D eigenvalue weighted by molar-refractivity contribution is 7.18. The van der Waals surface area contributed by atoms with E-state index in [4.69, 9.17) is 14.7 Å². The van der Waals surface area contributed by atoms with Crippen molar-refractivity contribution in [2.45, 2.75) is 50.5 Å². The smallest absolute Gasteiger partial charge is 0.234 e. The lowest BCUT2D eigenvalue weighted by Crippen LogP contribution is -2.49. The van der Waals surface area contributed by atoms with Crippen LogP contribution in [0.1, 0.15) is 55.6 Å². The lowest BCUT2D eigenvalue weighted by molar-refractivity contribution is -0.134. The van der Waals surface area contributed by atoms with E-state index in [9.17, 15) is 14.9 Å². The second-order valence-corrected chi connectivity index (χ2v) is 16.1. The first-order valence-electron chi connectivity index (χ1n) is 19.6. The van der Waals surface area contributed by atoms with Crippen molar-refractivity contribution in [3.05, 3.63) is 66.1 Å². The number of fused-ring (bicyclic) bond motifs is 1. The molecule has 288 valence electrons. The zero-order chi connectivity index (χ0) is 38.0. The molecule has 2 N–H and O–H groups in total. The summed E-state index contributed by atoms with van der Waals surface area (Å²) in [5, 5.41) is 31.2. The van der Waals surface area contributed by atoms with Gasteiger partial charge in [-0.05, 0) is 73.9 Å². The highest BCUT2D eigenvalue weighted by Crippen LogP contribution is 2.37. The minimum atomic E-state index is -0.306. The van der Waals surface area contributed by atoms with E-state index >= 15 is 0 Å². The molecule has 4 saturated heterocycles. The minimum Gasteiger partial charge on any atom is -0.381 e. The van der Waals surface area contributed by atoms with Gasteiger partial charge in [0.1, 0.15) is 11.9 Å². The molecular weight excluding hydrogens is 729 g/mol. The average molecular weight is 773 g/mol. The number of anilines is 3. The summed E-state index contributed by atoms with van der Waals surface area (Å²) in [7, 11) is 0. The Kier molecular flexibility index (Phi) is 10.3. The molecule has 16 heteroatoms. The third-order valence-corrected chi connectivity index (χ3v) is 12.5. The van der Waals surface area contributed by atoms with E-state index in [2.05, 4.69) is 52.8 Å². The Morgan fingerprint density at radius 1 is 0.893 bits per heavy atom. The van der Waals surface area contributed by atoms with Crippen LogP contribution in [0.4, 0.5) is 16.6 Å². The molecule has 0 bridgehead atoms. The fourth-order valence-corrected chi connectivity index (χ4v) is 9.21. The van der Waals surface area contributed by atoms with Crippen LogP contribution < -0.4 is 20.4 Å². The predicted molar refractivity (Wildman–Crippen MR) is 212 cm³/mol. The van der Waals surface area contributed by atoms with Gasteiger partial charge < -0.3 is 19.9 Å². The van der Waals surface area contributed by atoms with Crippen molar-refractivity contribution in [1.82, 2.24) is 40.0 Å². The van der Waals surface area contributed by atoms with E-state index in [0.29, 0.717) is 24.3 Å². The number of piperidine rings is 2. The quantitative estimate of drug-likeness (QED) is 0.203. The average Bonchev–Trinajstić information content (AvgIpc) is 3.90. The Hall–Kier alpha value is -5.50. The number of amides is 2. The topological polar surface area (TPSA) is 170 Å². The van der Waals surface area contributed by atoms with Crippen LogP contribution in [0.15, 0.2) is 55.0 Å². The summed E-state index contributed by atoms with van der Waals surface area (Å²) in [6.45, 7) is 8.27. The van der Waals surface area contributed by atoms with Gasteiger partial charge in [-0.15, -0.1) is 10.2 Å². The number of piperazine rings is 1. The van der Waals surface area contributed by atoms with E-state index in [0.717, 1.165) is 134 Å². The Bertz CT molecular complexity index is 2250. The molecule has 4 aliphatic rings. The lowest BCUT2D eigenvalue weighted by Gasteiger charge is -2.39. The van der Waals surface area contributed by atoms with Crippen LogP contribution in [0.25, 0.3) is 27.5 Å². The van der Waals surface area contributed by atoms with Crippen LogP contribution in [-0.4, -0.2) is 112 Å². The van der Waals surface area contributed by atoms with Gasteiger partial charge in [0.2, 0.25) is 16.9 Å². The summed E-state index contributed by atoms with van der Waals surface area (Å²) in [5.41, 5.74) is 5.75. The number of rotatable bonds is 9. The van der Waals surface area contributed by atoms with Crippen molar-refractivity contribution in [1.29, 1.82) is 5.26 Å². The van der Waals surface area contributed by atoms with Crippen LogP contribution in [-0.2, 0) is 14.3 Å². The normalized spacial score (nSPS) is 20.3. The molecule has 5 aromatic rings. The Labute approximate surface area is 328 Å². The van der Waals surface area contributed by atoms with Gasteiger partial charge in [0.05, 0.1) is 40.1 Å². The standard InChI is InChI=1S/C40H44N12O3S/c41-21-27-19-30-2-4-35(52(30)44-22-27)34-20-33(45-29-9-17-55-18-10-29)32(24-42-34)39-47-48-40(56-39)51-15-13-49(14-16-51)25-26-7-11-50(12-8-26)36-5-1-28(23-43-36)31-3-6-37(53)46-38(31)54/h1-2,4-5,19-20,22-24,26,29,31H,3,6-18,25H2,(H,42,45)(H,46,53,54). The SMILES string of the molecule is N#Cc1cnn2c(-c3cc(NC4CCOCC4)c(-c4nnc(N5CCN(CC6CCN(c7ccc(C8CCC(=O)NC8=O)cn7)CC6)CC5)s4)cn3)ccc2c1. The zero-order valence-corrected chi connectivity index (χ0v) is 32.0. The summed E-state index contributed by atoms with van der Waals surface area (Å²) in [4.78, 5) is 40.7. The zero-order valence-electron chi connectivity index (χ0n) is 31.1. The number of nitriles is 1. The summed E-state index contributed by atoms with van der Waals surface area (Å²) < 4.78 is 7.45. The molecule has 5 aromatic heterocycles. The molecule has 56 heavy (non-hydrogen) atoms. The van der Waals surface area contributed by atoms with E-state index < -0.39 is 0 Å². The highest BCUT2D eigenvalue weighted by Gasteiger charge is 2.30. The van der Waals surface area contributed by atoms with Gasteiger partial charge in [-0.2, -0.15) is 10.4 Å². The monoisotopic (exact) mass is 772 g/mol. The third-order valence-electron chi connectivity index (χ3n) is 11.5. The van der Waals surface area contributed by atoms with Crippen LogP contribution in [0.2, 0.25) is 0 Å². The number of pyridine rings is 2. The van der Waals surface area contributed by atoms with E-state index in [1.807, 2.05) is 41.0 Å². The van der Waals surface area contributed by atoms with Crippen molar-refractivity contribution < 1.29 is 14.3 Å². The summed E-state index contributed by atoms with van der Waals surface area (Å²) in [6, 6.07) is 14.3. The number of nitrogens with one attached hydrogen (secondary N) is 2. The molecule has 9 heterocycles. The molecule has 9 rings (SSSR count). The third kappa shape index (κ3) is 7.66. The molecule has 0 spiro atoms. The molecule has 0 radical (unpaired) electrons. The Morgan fingerprint density at radius 3 is 2.50 bits per heavy atom. The molecule has 0 aromatic carbocycles. The van der Waals surface area contributed by atoms with Gasteiger partial charge in [-0.25, -0.2) is 9.50 Å². The van der Waals surface area contributed by atoms with Crippen molar-refractivity contribution in [3.63, 3.8) is 0 Å². The lowest BCUT2D eigenvalue weighted by atomic mass is 9.91. The Morgan fingerprint density at radius 2 is 1.73 bits per heavy atom. The first-order valence-corrected chi connectivity index (χ1v) is 20.4. The molecule has 1 unspecified atom stereocenters. The fourth-order valence-electron chi connectivity index (χ4n) is 8.29. The molecule has 4 aliphatic heterocycles. The minimum absolute atomic E-state index is 0.198. The Balaban J connectivity index is 0.810. The van der Waals surface area contributed by atoms with Crippen molar-refractivity contribution >= 4 is 45.3 Å². The molecule has 0 saturated carbocycles. The number of carbonyl (C=O) groups excluding carboxylic acids is 2. The van der Waals surface area contributed by atoms with E-state index in [1.54, 1.807) is 23.7 Å². The van der Waals surface area contributed by atoms with Crippen LogP contribution in [0.5, 0.6) is 0 Å². The number of hydrogen-bond donors (Lipinski definition) is 2. The molecule has 15 nitrogen and oxygen atoms in total. The van der Waals surface area contributed by atoms with Gasteiger partial charge in [0, 0.05) is 89.6 Å². The van der Waals surface area contributed by atoms with Gasteiger partial charge in [0.15, 0.2) is 5.01 Å². The van der Waals surface area contributed by atoms with Crippen molar-refractivity contribution in [3.8, 4) is 28.0 Å². The maximum Gasteiger partial charge on any atom is 0.234 e. The number of ether oxygens (including phenoxy) is 1. The first kappa shape index (κ1) is 36.2. The molecule has 1 atom stereocenters. The number of hydrogen-bond acceptors (Lipinski definition) is 14. The molecule has 2 amide bonds. The van der Waals surface area contributed by atoms with Gasteiger partial charge in [-0.1, -0.05) is 17.4 Å². The second-order valence-electron chi connectivity index (χ2n) is 15.1. The molecule has 4 fully saturated rings. The number of imide groups is 1. The van der Waals surface area contributed by atoms with E-state index in [-0.39, 0.29) is 23.8 Å². The van der Waals surface area contributed by atoms with Gasteiger partial charge in [-0.3, -0.25) is 24.8 Å². The first-order chi connectivity index (χ1) is 27.5. The summed E-state index contributed by atoms with van der Waals surface area (Å²) in [5.74, 6) is 0.860. The molecular formula is C40H44N12O3S. The fraction of sp³-hybridized carbons (Fsp3) is 0.450. The van der Waals surface area contributed by atoms with Crippen LogP contribution in [0, 0.1) is 17.2 Å². The molecule has 0 aliphatic carbocycles.